The molecule has 0 spiro atoms. The number of alkyl halides is 2. The molecule has 2 N–H and O–H groups in total. The molecule has 0 unspecified atom stereocenters. The monoisotopic (exact) mass is 363 g/mol. The number of anilines is 1. The molecule has 0 radical (unpaired) electrons. The number of hydrogen-bond acceptors (Lipinski definition) is 4. The van der Waals surface area contributed by atoms with Gasteiger partial charge in [-0.05, 0) is 54.9 Å². The fourth-order valence-corrected chi connectivity index (χ4v) is 2.75. The van der Waals surface area contributed by atoms with Crippen molar-refractivity contribution in [2.75, 3.05) is 5.32 Å². The number of thioether (sulfide) groups is 1. The zero-order valence-electron chi connectivity index (χ0n) is 13.0. The van der Waals surface area contributed by atoms with Crippen LogP contribution in [0.2, 0.25) is 0 Å². The summed E-state index contributed by atoms with van der Waals surface area (Å²) < 4.78 is 25.2. The van der Waals surface area contributed by atoms with Gasteiger partial charge in [0.1, 0.15) is 5.03 Å². The fraction of sp³-hybridized carbons (Fsp3) is 0.235. The third kappa shape index (κ3) is 4.76. The van der Waals surface area contributed by atoms with Crippen LogP contribution in [-0.2, 0) is 0 Å². The third-order valence-electron chi connectivity index (χ3n) is 3.51. The lowest BCUT2D eigenvalue weighted by atomic mass is 10.1. The van der Waals surface area contributed by atoms with Crippen LogP contribution in [0.5, 0.6) is 0 Å². The van der Waals surface area contributed by atoms with E-state index in [9.17, 15) is 18.4 Å². The summed E-state index contributed by atoms with van der Waals surface area (Å²) in [5.74, 6) is -3.43. The van der Waals surface area contributed by atoms with Crippen molar-refractivity contribution >= 4 is 29.3 Å². The second-order valence-electron chi connectivity index (χ2n) is 5.52. The number of nitrogens with zero attached hydrogens (tertiary/aromatic N) is 1. The van der Waals surface area contributed by atoms with Gasteiger partial charge in [-0.1, -0.05) is 6.07 Å². The second-order valence-corrected chi connectivity index (χ2v) is 6.50. The van der Waals surface area contributed by atoms with E-state index >= 15 is 0 Å². The maximum atomic E-state index is 12.6. The molecule has 2 aromatic rings. The number of benzene rings is 1. The molecule has 0 atom stereocenters. The van der Waals surface area contributed by atoms with Crippen LogP contribution >= 0.6 is 11.8 Å². The third-order valence-corrected chi connectivity index (χ3v) is 4.24. The van der Waals surface area contributed by atoms with Gasteiger partial charge in [0, 0.05) is 23.5 Å². The lowest BCUT2D eigenvalue weighted by molar-refractivity contribution is 0.0949. The Hall–Kier alpha value is -2.48. The van der Waals surface area contributed by atoms with E-state index in [0.29, 0.717) is 11.3 Å². The molecule has 1 heterocycles. The molecule has 0 bridgehead atoms. The van der Waals surface area contributed by atoms with Crippen LogP contribution in [0.3, 0.4) is 0 Å². The smallest absolute Gasteiger partial charge is 0.290 e. The van der Waals surface area contributed by atoms with E-state index in [2.05, 4.69) is 15.6 Å². The summed E-state index contributed by atoms with van der Waals surface area (Å²) in [6, 6.07) is 9.63. The van der Waals surface area contributed by atoms with Crippen molar-refractivity contribution in [1.82, 2.24) is 10.3 Å². The van der Waals surface area contributed by atoms with Gasteiger partial charge in [-0.25, -0.2) is 4.98 Å². The van der Waals surface area contributed by atoms with Crippen LogP contribution < -0.4 is 10.6 Å². The highest BCUT2D eigenvalue weighted by Gasteiger charge is 2.24. The van der Waals surface area contributed by atoms with Crippen LogP contribution in [0.25, 0.3) is 0 Å². The van der Waals surface area contributed by atoms with E-state index in [4.69, 9.17) is 0 Å². The molecule has 1 aliphatic carbocycles. The quantitative estimate of drug-likeness (QED) is 0.770. The van der Waals surface area contributed by atoms with Crippen molar-refractivity contribution < 1.29 is 18.4 Å². The molecule has 3 rings (SSSR count). The largest absolute Gasteiger partial charge is 0.349 e. The summed E-state index contributed by atoms with van der Waals surface area (Å²) >= 11 is 0.216. The van der Waals surface area contributed by atoms with E-state index in [1.807, 2.05) is 0 Å². The number of pyridine rings is 1. The van der Waals surface area contributed by atoms with E-state index < -0.39 is 11.7 Å². The SMILES string of the molecule is O=C(NC1CC1)c1cccc(NC(=O)c2cccnc2SC(F)F)c1. The number of nitrogens with one attached hydrogen (secondary N) is 2. The molecular formula is C17H15F2N3O2S. The molecule has 1 fully saturated rings. The predicted octanol–water partition coefficient (Wildman–Crippen LogP) is 3.54. The number of carbonyl (C=O) groups excluding carboxylic acids is 2. The maximum Gasteiger partial charge on any atom is 0.290 e. The van der Waals surface area contributed by atoms with E-state index in [1.54, 1.807) is 24.3 Å². The molecule has 0 saturated heterocycles. The van der Waals surface area contributed by atoms with Crippen molar-refractivity contribution in [2.24, 2.45) is 0 Å². The van der Waals surface area contributed by atoms with Gasteiger partial charge in [-0.3, -0.25) is 9.59 Å². The average Bonchev–Trinajstić information content (AvgIpc) is 3.39. The van der Waals surface area contributed by atoms with Gasteiger partial charge >= 0.3 is 0 Å². The normalized spacial score (nSPS) is 13.6. The highest BCUT2D eigenvalue weighted by molar-refractivity contribution is 7.99. The topological polar surface area (TPSA) is 71.1 Å². The minimum Gasteiger partial charge on any atom is -0.349 e. The van der Waals surface area contributed by atoms with Crippen molar-refractivity contribution in [3.8, 4) is 0 Å². The molecule has 0 aliphatic heterocycles. The first kappa shape index (κ1) is 17.3. The van der Waals surface area contributed by atoms with Gasteiger partial charge in [0.2, 0.25) is 0 Å². The molecule has 1 saturated carbocycles. The summed E-state index contributed by atoms with van der Waals surface area (Å²) in [4.78, 5) is 28.3. The highest BCUT2D eigenvalue weighted by Crippen LogP contribution is 2.27. The summed E-state index contributed by atoms with van der Waals surface area (Å²) in [5.41, 5.74) is 0.893. The Morgan fingerprint density at radius 1 is 1.16 bits per heavy atom. The fourth-order valence-electron chi connectivity index (χ4n) is 2.17. The van der Waals surface area contributed by atoms with Crippen LogP contribution in [0.4, 0.5) is 14.5 Å². The van der Waals surface area contributed by atoms with Crippen molar-refractivity contribution in [3.05, 3.63) is 53.7 Å². The van der Waals surface area contributed by atoms with Gasteiger partial charge in [0.15, 0.2) is 0 Å². The van der Waals surface area contributed by atoms with E-state index in [0.717, 1.165) is 12.8 Å². The lowest BCUT2D eigenvalue weighted by Gasteiger charge is -2.10. The first-order chi connectivity index (χ1) is 12.0. The van der Waals surface area contributed by atoms with Crippen LogP contribution in [0.15, 0.2) is 47.6 Å². The predicted molar refractivity (Wildman–Crippen MR) is 91.0 cm³/mol. The molecule has 1 aromatic heterocycles. The maximum absolute atomic E-state index is 12.6. The minimum atomic E-state index is -2.67. The summed E-state index contributed by atoms with van der Waals surface area (Å²) in [7, 11) is 0. The van der Waals surface area contributed by atoms with Gasteiger partial charge < -0.3 is 10.6 Å². The Morgan fingerprint density at radius 3 is 2.68 bits per heavy atom. The van der Waals surface area contributed by atoms with E-state index in [1.165, 1.54) is 18.3 Å². The van der Waals surface area contributed by atoms with Crippen LogP contribution in [-0.4, -0.2) is 28.6 Å². The second kappa shape index (κ2) is 7.60. The number of hydrogen-bond donors (Lipinski definition) is 2. The Balaban J connectivity index is 1.74. The molecule has 2 amide bonds. The average molecular weight is 363 g/mol. The molecule has 1 aliphatic rings. The first-order valence-electron chi connectivity index (χ1n) is 7.65. The molecule has 5 nitrogen and oxygen atoms in total. The first-order valence-corrected chi connectivity index (χ1v) is 8.53. The summed E-state index contributed by atoms with van der Waals surface area (Å²) in [5, 5.41) is 5.44. The minimum absolute atomic E-state index is 0.0439. The number of carbonyl (C=O) groups is 2. The standard InChI is InChI=1S/C17H15F2N3O2S/c18-17(19)25-16-13(5-2-8-20-16)15(24)22-12-4-1-3-10(9-12)14(23)21-11-6-7-11/h1-5,8-9,11,17H,6-7H2,(H,21,23)(H,22,24). The number of halogens is 2. The van der Waals surface area contributed by atoms with Gasteiger partial charge in [0.05, 0.1) is 5.56 Å². The molecule has 130 valence electrons. The lowest BCUT2D eigenvalue weighted by Crippen LogP contribution is -2.25. The van der Waals surface area contributed by atoms with E-state index in [-0.39, 0.29) is 34.3 Å². The van der Waals surface area contributed by atoms with Crippen molar-refractivity contribution in [2.45, 2.75) is 29.7 Å². The summed E-state index contributed by atoms with van der Waals surface area (Å²) in [6.45, 7) is 0. The van der Waals surface area contributed by atoms with Crippen LogP contribution in [0.1, 0.15) is 33.6 Å². The molecule has 8 heteroatoms. The highest BCUT2D eigenvalue weighted by atomic mass is 32.2. The Morgan fingerprint density at radius 2 is 1.96 bits per heavy atom. The number of aromatic nitrogens is 1. The summed E-state index contributed by atoms with van der Waals surface area (Å²) in [6.07, 6.45) is 3.31. The molecule has 25 heavy (non-hydrogen) atoms. The Kier molecular flexibility index (Phi) is 5.28. The Labute approximate surface area is 147 Å². The van der Waals surface area contributed by atoms with Crippen molar-refractivity contribution in [3.63, 3.8) is 0 Å². The van der Waals surface area contributed by atoms with Gasteiger partial charge in [-0.15, -0.1) is 0 Å². The van der Waals surface area contributed by atoms with Gasteiger partial charge in [0.25, 0.3) is 17.6 Å². The molecule has 1 aromatic carbocycles. The zero-order chi connectivity index (χ0) is 17.8. The number of amides is 2. The number of rotatable bonds is 6. The molecular weight excluding hydrogens is 348 g/mol. The van der Waals surface area contributed by atoms with Gasteiger partial charge in [-0.2, -0.15) is 8.78 Å². The Bertz CT molecular complexity index is 797. The van der Waals surface area contributed by atoms with Crippen molar-refractivity contribution in [1.29, 1.82) is 0 Å². The zero-order valence-corrected chi connectivity index (χ0v) is 13.9. The van der Waals surface area contributed by atoms with Crippen LogP contribution in [0, 0.1) is 0 Å².